The van der Waals surface area contributed by atoms with E-state index < -0.39 is 12.2 Å². The lowest BCUT2D eigenvalue weighted by atomic mass is 10.1. The van der Waals surface area contributed by atoms with Gasteiger partial charge in [0.25, 0.3) is 0 Å². The molecule has 0 heterocycles. The fraction of sp³-hybridized carbons (Fsp3) is 0.286. The predicted octanol–water partition coefficient (Wildman–Crippen LogP) is 2.53. The first-order chi connectivity index (χ1) is 10.1. The number of hydrogen-bond donors (Lipinski definition) is 0. The van der Waals surface area contributed by atoms with E-state index in [1.807, 2.05) is 6.07 Å². The maximum absolute atomic E-state index is 11.7. The molecule has 2 amide bonds. The molecule has 0 spiro atoms. The zero-order valence-corrected chi connectivity index (χ0v) is 11.8. The Morgan fingerprint density at radius 3 is 2.10 bits per heavy atom. The number of hydrogen-bond acceptors (Lipinski definition) is 6. The van der Waals surface area contributed by atoms with Gasteiger partial charge in [-0.1, -0.05) is 35.3 Å². The van der Waals surface area contributed by atoms with E-state index in [0.717, 1.165) is 0 Å². The van der Waals surface area contributed by atoms with E-state index in [2.05, 4.69) is 5.10 Å². The van der Waals surface area contributed by atoms with E-state index in [9.17, 15) is 9.59 Å². The third-order valence-electron chi connectivity index (χ3n) is 2.23. The molecule has 0 radical (unpaired) electrons. The van der Waals surface area contributed by atoms with Crippen LogP contribution in [-0.4, -0.2) is 36.1 Å². The molecular weight excluding hydrogens is 274 g/mol. The van der Waals surface area contributed by atoms with Crippen molar-refractivity contribution >= 4 is 17.9 Å². The molecule has 0 aliphatic rings. The van der Waals surface area contributed by atoms with Crippen LogP contribution in [0.4, 0.5) is 9.59 Å². The lowest BCUT2D eigenvalue weighted by Gasteiger charge is -2.14. The van der Waals surface area contributed by atoms with Gasteiger partial charge in [0.15, 0.2) is 5.71 Å². The van der Waals surface area contributed by atoms with E-state index in [0.29, 0.717) is 10.6 Å². The zero-order chi connectivity index (χ0) is 15.7. The molecule has 0 unspecified atom stereocenters. The van der Waals surface area contributed by atoms with Gasteiger partial charge in [-0.2, -0.15) is 5.26 Å². The second kappa shape index (κ2) is 8.32. The smallest absolute Gasteiger partial charge is 0.440 e. The average Bonchev–Trinajstić information content (AvgIpc) is 2.49. The summed E-state index contributed by atoms with van der Waals surface area (Å²) in [7, 11) is 0. The van der Waals surface area contributed by atoms with Crippen LogP contribution < -0.4 is 0 Å². The van der Waals surface area contributed by atoms with Crippen molar-refractivity contribution in [3.05, 3.63) is 35.9 Å². The summed E-state index contributed by atoms with van der Waals surface area (Å²) >= 11 is 0. The average molecular weight is 289 g/mol. The molecule has 0 aliphatic heterocycles. The van der Waals surface area contributed by atoms with Crippen molar-refractivity contribution in [2.24, 2.45) is 5.10 Å². The molecule has 0 aliphatic carbocycles. The molecule has 7 nitrogen and oxygen atoms in total. The minimum absolute atomic E-state index is 0.0669. The molecule has 1 aromatic carbocycles. The van der Waals surface area contributed by atoms with Crippen LogP contribution in [-0.2, 0) is 9.47 Å². The third kappa shape index (κ3) is 4.62. The molecule has 1 rings (SSSR count). The van der Waals surface area contributed by atoms with Gasteiger partial charge >= 0.3 is 12.2 Å². The van der Waals surface area contributed by atoms with Crippen LogP contribution in [0, 0.1) is 11.3 Å². The van der Waals surface area contributed by atoms with Gasteiger partial charge < -0.3 is 9.47 Å². The molecule has 110 valence electrons. The standard InChI is InChI=1S/C14H15N3O4/c1-3-20-13(18)17(14(19)21-4-2)16-12(10-15)11-8-6-5-7-9-11/h5-9H,3-4H2,1-2H3/b16-12+. The molecule has 0 atom stereocenters. The molecule has 21 heavy (non-hydrogen) atoms. The fourth-order valence-electron chi connectivity index (χ4n) is 1.37. The highest BCUT2D eigenvalue weighted by Crippen LogP contribution is 2.06. The number of rotatable bonds is 4. The van der Waals surface area contributed by atoms with Gasteiger partial charge in [-0.3, -0.25) is 0 Å². The molecule has 0 saturated carbocycles. The van der Waals surface area contributed by atoms with Crippen LogP contribution in [0.5, 0.6) is 0 Å². The largest absolute Gasteiger partial charge is 0.448 e. The summed E-state index contributed by atoms with van der Waals surface area (Å²) in [5.41, 5.74) is 0.371. The summed E-state index contributed by atoms with van der Waals surface area (Å²) < 4.78 is 9.44. The van der Waals surface area contributed by atoms with E-state index in [4.69, 9.17) is 14.7 Å². The highest BCUT2D eigenvalue weighted by atomic mass is 16.6. The Morgan fingerprint density at radius 1 is 1.14 bits per heavy atom. The first kappa shape index (κ1) is 16.2. The summed E-state index contributed by atoms with van der Waals surface area (Å²) in [5.74, 6) is 0. The second-order valence-corrected chi connectivity index (χ2v) is 3.64. The molecule has 1 aromatic rings. The molecule has 0 saturated heterocycles. The first-order valence-corrected chi connectivity index (χ1v) is 6.31. The number of ether oxygens (including phenoxy) is 2. The quantitative estimate of drug-likeness (QED) is 0.627. The Kier molecular flexibility index (Phi) is 6.41. The number of nitriles is 1. The Hall–Kier alpha value is -2.88. The number of carbonyl (C=O) groups is 2. The molecular formula is C14H15N3O4. The fourth-order valence-corrected chi connectivity index (χ4v) is 1.37. The van der Waals surface area contributed by atoms with Crippen molar-refractivity contribution < 1.29 is 19.1 Å². The van der Waals surface area contributed by atoms with Crippen molar-refractivity contribution in [3.8, 4) is 6.07 Å². The normalized spacial score (nSPS) is 10.4. The van der Waals surface area contributed by atoms with Crippen molar-refractivity contribution in [3.63, 3.8) is 0 Å². The van der Waals surface area contributed by atoms with E-state index in [1.165, 1.54) is 0 Å². The topological polar surface area (TPSA) is 92.0 Å². The number of imide groups is 1. The Labute approximate surface area is 122 Å². The number of nitrogens with zero attached hydrogens (tertiary/aromatic N) is 3. The molecule has 0 bridgehead atoms. The number of carbonyl (C=O) groups excluding carboxylic acids is 2. The first-order valence-electron chi connectivity index (χ1n) is 6.31. The summed E-state index contributed by atoms with van der Waals surface area (Å²) in [4.78, 5) is 23.5. The highest BCUT2D eigenvalue weighted by molar-refractivity contribution is 6.12. The zero-order valence-electron chi connectivity index (χ0n) is 11.8. The lowest BCUT2D eigenvalue weighted by molar-refractivity contribution is 0.0825. The highest BCUT2D eigenvalue weighted by Gasteiger charge is 2.25. The van der Waals surface area contributed by atoms with Crippen LogP contribution in [0.1, 0.15) is 19.4 Å². The Bertz CT molecular complexity index is 545. The maximum atomic E-state index is 11.7. The van der Waals surface area contributed by atoms with Crippen LogP contribution >= 0.6 is 0 Å². The van der Waals surface area contributed by atoms with E-state index in [1.54, 1.807) is 44.2 Å². The summed E-state index contributed by atoms with van der Waals surface area (Å²) in [6.07, 6.45) is -2.00. The van der Waals surface area contributed by atoms with Crippen molar-refractivity contribution in [1.29, 1.82) is 5.26 Å². The third-order valence-corrected chi connectivity index (χ3v) is 2.23. The van der Waals surface area contributed by atoms with Gasteiger partial charge in [-0.05, 0) is 13.8 Å². The van der Waals surface area contributed by atoms with Crippen LogP contribution in [0.3, 0.4) is 0 Å². The van der Waals surface area contributed by atoms with Gasteiger partial charge in [-0.15, -0.1) is 5.10 Å². The minimum atomic E-state index is -1.00. The van der Waals surface area contributed by atoms with E-state index in [-0.39, 0.29) is 18.9 Å². The van der Waals surface area contributed by atoms with Crippen LogP contribution in [0.15, 0.2) is 35.4 Å². The van der Waals surface area contributed by atoms with Gasteiger partial charge in [0, 0.05) is 5.56 Å². The van der Waals surface area contributed by atoms with Gasteiger partial charge in [-0.25, -0.2) is 9.59 Å². The summed E-state index contributed by atoms with van der Waals surface area (Å²) in [5, 5.41) is 13.3. The summed E-state index contributed by atoms with van der Waals surface area (Å²) in [6, 6.07) is 10.3. The number of hydrazone groups is 1. The van der Waals surface area contributed by atoms with Gasteiger partial charge in [0.1, 0.15) is 6.07 Å². The van der Waals surface area contributed by atoms with E-state index >= 15 is 0 Å². The molecule has 0 aromatic heterocycles. The monoisotopic (exact) mass is 289 g/mol. The predicted molar refractivity (Wildman–Crippen MR) is 74.5 cm³/mol. The van der Waals surface area contributed by atoms with Crippen molar-refractivity contribution in [1.82, 2.24) is 5.01 Å². The number of amides is 2. The molecule has 7 heteroatoms. The summed E-state index contributed by atoms with van der Waals surface area (Å²) in [6.45, 7) is 3.32. The molecule has 0 N–H and O–H groups in total. The van der Waals surface area contributed by atoms with Gasteiger partial charge in [0.2, 0.25) is 0 Å². The van der Waals surface area contributed by atoms with Crippen molar-refractivity contribution in [2.45, 2.75) is 13.8 Å². The minimum Gasteiger partial charge on any atom is -0.448 e. The lowest BCUT2D eigenvalue weighted by Crippen LogP contribution is -2.34. The van der Waals surface area contributed by atoms with Crippen LogP contribution in [0.25, 0.3) is 0 Å². The number of benzene rings is 1. The second-order valence-electron chi connectivity index (χ2n) is 3.64. The SMILES string of the molecule is CCOC(=O)N(/N=C(\C#N)c1ccccc1)C(=O)OCC. The molecule has 0 fully saturated rings. The van der Waals surface area contributed by atoms with Crippen molar-refractivity contribution in [2.75, 3.05) is 13.2 Å². The Balaban J connectivity index is 3.13. The van der Waals surface area contributed by atoms with Gasteiger partial charge in [0.05, 0.1) is 13.2 Å². The van der Waals surface area contributed by atoms with Crippen LogP contribution in [0.2, 0.25) is 0 Å². The Morgan fingerprint density at radius 2 is 1.67 bits per heavy atom. The maximum Gasteiger partial charge on any atom is 0.440 e.